The van der Waals surface area contributed by atoms with E-state index in [1.165, 1.54) is 48.5 Å². The molecule has 0 aliphatic carbocycles. The number of nitrogens with two attached hydrogens (primary N) is 2. The predicted molar refractivity (Wildman–Crippen MR) is 103 cm³/mol. The quantitative estimate of drug-likeness (QED) is 0.378. The zero-order valence-electron chi connectivity index (χ0n) is 14.4. The van der Waals surface area contributed by atoms with Gasteiger partial charge in [-0.05, 0) is 36.4 Å². The van der Waals surface area contributed by atoms with Crippen molar-refractivity contribution in [1.29, 1.82) is 0 Å². The monoisotopic (exact) mass is 387 g/mol. The molecule has 28 heavy (non-hydrogen) atoms. The van der Waals surface area contributed by atoms with Gasteiger partial charge in [0, 0.05) is 24.3 Å². The molecule has 0 saturated carbocycles. The molecule has 0 bridgehead atoms. The van der Waals surface area contributed by atoms with Crippen LogP contribution < -0.4 is 11.5 Å². The molecule has 0 aliphatic rings. The molecule has 3 rings (SSSR count). The lowest BCUT2D eigenvalue weighted by Gasteiger charge is -1.90. The molecule has 0 atom stereocenters. The highest BCUT2D eigenvalue weighted by Gasteiger charge is 2.02. The minimum atomic E-state index is -0.514. The topological polar surface area (TPSA) is 192 Å². The van der Waals surface area contributed by atoms with Gasteiger partial charge in [-0.25, -0.2) is 4.98 Å². The van der Waals surface area contributed by atoms with Gasteiger partial charge >= 0.3 is 0 Å². The van der Waals surface area contributed by atoms with E-state index >= 15 is 0 Å². The fourth-order valence-corrected chi connectivity index (χ4v) is 1.62. The molecule has 11 heteroatoms. The maximum atomic E-state index is 10.0. The van der Waals surface area contributed by atoms with Gasteiger partial charge in [0.1, 0.15) is 23.1 Å². The fraction of sp³-hybridized carbons (Fsp3) is 0. The number of nitrogens with zero attached hydrogens (tertiary/aromatic N) is 3. The van der Waals surface area contributed by atoms with Crippen molar-refractivity contribution in [2.75, 3.05) is 11.5 Å². The number of rotatable bonds is 2. The van der Waals surface area contributed by atoms with Crippen molar-refractivity contribution in [3.8, 4) is 11.5 Å². The van der Waals surface area contributed by atoms with E-state index in [0.717, 1.165) is 0 Å². The minimum Gasteiger partial charge on any atom is -0.508 e. The number of anilines is 2. The Labute approximate surface area is 158 Å². The first-order valence-electron chi connectivity index (χ1n) is 7.54. The number of benzene rings is 2. The van der Waals surface area contributed by atoms with E-state index < -0.39 is 9.85 Å². The van der Waals surface area contributed by atoms with Gasteiger partial charge in [-0.15, -0.1) is 0 Å². The van der Waals surface area contributed by atoms with Crippen LogP contribution >= 0.6 is 0 Å². The van der Waals surface area contributed by atoms with E-state index in [1.54, 1.807) is 18.2 Å². The molecule has 1 heterocycles. The third kappa shape index (κ3) is 8.11. The largest absolute Gasteiger partial charge is 0.508 e. The Hall–Kier alpha value is -4.41. The van der Waals surface area contributed by atoms with Crippen LogP contribution in [0.4, 0.5) is 23.0 Å². The van der Waals surface area contributed by atoms with Gasteiger partial charge in [0.25, 0.3) is 11.4 Å². The second-order valence-corrected chi connectivity index (χ2v) is 5.03. The second kappa shape index (κ2) is 10.6. The second-order valence-electron chi connectivity index (χ2n) is 5.03. The first kappa shape index (κ1) is 21.6. The molecular formula is C17H17N5O6. The van der Waals surface area contributed by atoms with Gasteiger partial charge < -0.3 is 21.7 Å². The van der Waals surface area contributed by atoms with Crippen LogP contribution in [0.15, 0.2) is 66.7 Å². The highest BCUT2D eigenvalue weighted by Crippen LogP contribution is 2.15. The summed E-state index contributed by atoms with van der Waals surface area (Å²) in [6, 6.07) is 15.2. The number of nitro benzene ring substituents is 2. The van der Waals surface area contributed by atoms with E-state index in [0.29, 0.717) is 11.6 Å². The molecule has 6 N–H and O–H groups in total. The Kier molecular flexibility index (Phi) is 8.15. The fourth-order valence-electron chi connectivity index (χ4n) is 1.62. The van der Waals surface area contributed by atoms with Crippen molar-refractivity contribution < 1.29 is 20.1 Å². The Morgan fingerprint density at radius 3 is 1.21 bits per heavy atom. The van der Waals surface area contributed by atoms with Crippen molar-refractivity contribution in [3.63, 3.8) is 0 Å². The van der Waals surface area contributed by atoms with Crippen LogP contribution in [-0.2, 0) is 0 Å². The van der Waals surface area contributed by atoms with Crippen molar-refractivity contribution in [3.05, 3.63) is 87.0 Å². The summed E-state index contributed by atoms with van der Waals surface area (Å²) in [5.74, 6) is 0.992. The zero-order chi connectivity index (χ0) is 21.1. The molecular weight excluding hydrogens is 370 g/mol. The SMILES string of the molecule is Nc1cccc(N)n1.O=[N+]([O-])c1ccc(O)cc1.O=[N+]([O-])c1ccc(O)cc1. The molecule has 0 saturated heterocycles. The van der Waals surface area contributed by atoms with Gasteiger partial charge in [0.2, 0.25) is 0 Å². The number of aromatic nitrogens is 1. The number of nitrogen functional groups attached to an aromatic ring is 2. The number of hydrogen-bond acceptors (Lipinski definition) is 9. The highest BCUT2D eigenvalue weighted by atomic mass is 16.6. The van der Waals surface area contributed by atoms with E-state index in [9.17, 15) is 20.2 Å². The normalized spacial score (nSPS) is 9.14. The minimum absolute atomic E-state index is 0.0159. The van der Waals surface area contributed by atoms with Gasteiger partial charge in [-0.2, -0.15) is 0 Å². The Morgan fingerprint density at radius 1 is 0.679 bits per heavy atom. The number of non-ortho nitro benzene ring substituents is 2. The summed E-state index contributed by atoms with van der Waals surface area (Å²) in [5, 5.41) is 37.5. The van der Waals surface area contributed by atoms with E-state index in [4.69, 9.17) is 21.7 Å². The molecule has 3 aromatic rings. The zero-order valence-corrected chi connectivity index (χ0v) is 14.4. The number of hydrogen-bond donors (Lipinski definition) is 4. The third-order valence-corrected chi connectivity index (χ3v) is 2.91. The summed E-state index contributed by atoms with van der Waals surface area (Å²) >= 11 is 0. The van der Waals surface area contributed by atoms with Crippen LogP contribution in [0.3, 0.4) is 0 Å². The molecule has 1 aromatic heterocycles. The molecule has 2 aromatic carbocycles. The lowest BCUT2D eigenvalue weighted by atomic mass is 10.3. The average molecular weight is 387 g/mol. The summed E-state index contributed by atoms with van der Waals surface area (Å²) < 4.78 is 0. The molecule has 0 unspecified atom stereocenters. The number of phenols is 2. The molecule has 0 aliphatic heterocycles. The van der Waals surface area contributed by atoms with Crippen molar-refractivity contribution >= 4 is 23.0 Å². The molecule has 11 nitrogen and oxygen atoms in total. The van der Waals surface area contributed by atoms with E-state index in [1.807, 2.05) is 0 Å². The van der Waals surface area contributed by atoms with E-state index in [2.05, 4.69) is 4.98 Å². The van der Waals surface area contributed by atoms with Crippen LogP contribution in [0.2, 0.25) is 0 Å². The predicted octanol–water partition coefficient (Wildman–Crippen LogP) is 2.85. The lowest BCUT2D eigenvalue weighted by Crippen LogP contribution is -1.93. The summed E-state index contributed by atoms with van der Waals surface area (Å²) in [6.45, 7) is 0. The van der Waals surface area contributed by atoms with Crippen LogP contribution in [0.25, 0.3) is 0 Å². The third-order valence-electron chi connectivity index (χ3n) is 2.91. The molecule has 0 fully saturated rings. The standard InChI is InChI=1S/2C6H5NO3.C5H7N3/c2*8-6-3-1-5(2-4-6)7(9)10;6-4-2-1-3-5(7)8-4/h2*1-4,8H;1-3H,(H4,6,7,8). The number of pyridine rings is 1. The van der Waals surface area contributed by atoms with Crippen LogP contribution in [0, 0.1) is 20.2 Å². The van der Waals surface area contributed by atoms with E-state index in [-0.39, 0.29) is 22.9 Å². The van der Waals surface area contributed by atoms with Crippen LogP contribution in [0.5, 0.6) is 11.5 Å². The van der Waals surface area contributed by atoms with Crippen LogP contribution in [0.1, 0.15) is 0 Å². The van der Waals surface area contributed by atoms with Crippen LogP contribution in [-0.4, -0.2) is 25.0 Å². The molecule has 146 valence electrons. The smallest absolute Gasteiger partial charge is 0.269 e. The maximum absolute atomic E-state index is 10.0. The Bertz CT molecular complexity index is 843. The van der Waals surface area contributed by atoms with Gasteiger partial charge in [0.05, 0.1) is 9.85 Å². The Morgan fingerprint density at radius 2 is 1.00 bits per heavy atom. The number of nitro groups is 2. The molecule has 0 amide bonds. The van der Waals surface area contributed by atoms with Crippen molar-refractivity contribution in [1.82, 2.24) is 4.98 Å². The number of aromatic hydroxyl groups is 2. The molecule has 0 radical (unpaired) electrons. The van der Waals surface area contributed by atoms with Gasteiger partial charge in [-0.3, -0.25) is 20.2 Å². The highest BCUT2D eigenvalue weighted by molar-refractivity contribution is 5.38. The van der Waals surface area contributed by atoms with Crippen molar-refractivity contribution in [2.24, 2.45) is 0 Å². The lowest BCUT2D eigenvalue weighted by molar-refractivity contribution is -0.385. The maximum Gasteiger partial charge on any atom is 0.269 e. The first-order chi connectivity index (χ1) is 13.2. The summed E-state index contributed by atoms with van der Waals surface area (Å²) in [6.07, 6.45) is 0. The summed E-state index contributed by atoms with van der Waals surface area (Å²) in [5.41, 5.74) is 10.5. The Balaban J connectivity index is 0.000000212. The van der Waals surface area contributed by atoms with Gasteiger partial charge in [0.15, 0.2) is 0 Å². The molecule has 0 spiro atoms. The average Bonchev–Trinajstić information content (AvgIpc) is 2.63. The first-order valence-corrected chi connectivity index (χ1v) is 7.54. The van der Waals surface area contributed by atoms with Gasteiger partial charge in [-0.1, -0.05) is 6.07 Å². The summed E-state index contributed by atoms with van der Waals surface area (Å²) in [7, 11) is 0. The number of phenolic OH excluding ortho intramolecular Hbond substituents is 2. The summed E-state index contributed by atoms with van der Waals surface area (Å²) in [4.78, 5) is 22.8. The van der Waals surface area contributed by atoms with Crippen molar-refractivity contribution in [2.45, 2.75) is 0 Å².